The third-order valence-corrected chi connectivity index (χ3v) is 3.13. The summed E-state index contributed by atoms with van der Waals surface area (Å²) in [5.41, 5.74) is -0.682. The summed E-state index contributed by atoms with van der Waals surface area (Å²) in [4.78, 5) is 24.7. The number of ether oxygens (including phenoxy) is 3. The number of hydrogen-bond acceptors (Lipinski definition) is 5. The molecule has 7 heteroatoms. The van der Waals surface area contributed by atoms with Crippen molar-refractivity contribution in [1.82, 2.24) is 4.90 Å². The number of fused-ring (bicyclic) bond motifs is 1. The van der Waals surface area contributed by atoms with Gasteiger partial charge in [-0.1, -0.05) is 0 Å². The van der Waals surface area contributed by atoms with Crippen LogP contribution in [0, 0.1) is 0 Å². The topological polar surface area (TPSA) is 85.3 Å². The molecular weight excluding hydrogens is 266 g/mol. The van der Waals surface area contributed by atoms with Crippen LogP contribution in [0.4, 0.5) is 4.79 Å². The molecule has 0 aromatic rings. The van der Waals surface area contributed by atoms with E-state index in [4.69, 9.17) is 14.2 Å². The summed E-state index contributed by atoms with van der Waals surface area (Å²) >= 11 is 0. The minimum atomic E-state index is -1.12. The molecule has 7 nitrogen and oxygen atoms in total. The SMILES string of the molecule is CC(C)(C)OC(=O)N1C[C@@H]2OC(C)(C)O[C@@H]2[C@@H]1C(=O)O. The lowest BCUT2D eigenvalue weighted by atomic mass is 10.1. The number of carbonyl (C=O) groups is 2. The molecule has 0 aromatic carbocycles. The van der Waals surface area contributed by atoms with Crippen LogP contribution in [0.2, 0.25) is 0 Å². The summed E-state index contributed by atoms with van der Waals surface area (Å²) in [6.07, 6.45) is -1.78. The van der Waals surface area contributed by atoms with Gasteiger partial charge in [0.25, 0.3) is 0 Å². The molecule has 20 heavy (non-hydrogen) atoms. The average molecular weight is 287 g/mol. The molecule has 2 rings (SSSR count). The van der Waals surface area contributed by atoms with E-state index in [1.54, 1.807) is 34.6 Å². The number of likely N-dealkylation sites (tertiary alicyclic amines) is 1. The quantitative estimate of drug-likeness (QED) is 0.780. The highest BCUT2D eigenvalue weighted by Gasteiger charge is 2.57. The Morgan fingerprint density at radius 1 is 1.30 bits per heavy atom. The predicted molar refractivity (Wildman–Crippen MR) is 68.2 cm³/mol. The highest BCUT2D eigenvalue weighted by molar-refractivity contribution is 5.82. The summed E-state index contributed by atoms with van der Waals surface area (Å²) in [5.74, 6) is -1.95. The molecule has 2 fully saturated rings. The van der Waals surface area contributed by atoms with Crippen molar-refractivity contribution in [3.8, 4) is 0 Å². The van der Waals surface area contributed by atoms with Crippen LogP contribution in [0.1, 0.15) is 34.6 Å². The van der Waals surface area contributed by atoms with Crippen molar-refractivity contribution in [2.75, 3.05) is 6.54 Å². The summed E-state index contributed by atoms with van der Waals surface area (Å²) in [7, 11) is 0. The van der Waals surface area contributed by atoms with E-state index < -0.39 is 41.7 Å². The van der Waals surface area contributed by atoms with E-state index in [9.17, 15) is 14.7 Å². The first-order valence-corrected chi connectivity index (χ1v) is 6.58. The molecule has 0 aliphatic carbocycles. The van der Waals surface area contributed by atoms with E-state index >= 15 is 0 Å². The lowest BCUT2D eigenvalue weighted by molar-refractivity contribution is -0.169. The fraction of sp³-hybridized carbons (Fsp3) is 0.846. The molecule has 0 aromatic heterocycles. The van der Waals surface area contributed by atoms with E-state index in [0.717, 1.165) is 4.90 Å². The first kappa shape index (κ1) is 15.1. The molecule has 2 saturated heterocycles. The van der Waals surface area contributed by atoms with Crippen LogP contribution in [0.25, 0.3) is 0 Å². The van der Waals surface area contributed by atoms with Gasteiger partial charge >= 0.3 is 12.1 Å². The summed E-state index contributed by atoms with van der Waals surface area (Å²) in [6.45, 7) is 8.79. The predicted octanol–water partition coefficient (Wildman–Crippen LogP) is 1.21. The number of hydrogen-bond donors (Lipinski definition) is 1. The maximum Gasteiger partial charge on any atom is 0.411 e. The zero-order valence-corrected chi connectivity index (χ0v) is 12.4. The second kappa shape index (κ2) is 4.60. The van der Waals surface area contributed by atoms with Gasteiger partial charge in [0.1, 0.15) is 17.8 Å². The van der Waals surface area contributed by atoms with Crippen LogP contribution in [0.3, 0.4) is 0 Å². The minimum absolute atomic E-state index is 0.153. The van der Waals surface area contributed by atoms with Gasteiger partial charge in [0.2, 0.25) is 0 Å². The minimum Gasteiger partial charge on any atom is -0.480 e. The Balaban J connectivity index is 2.16. The number of carbonyl (C=O) groups excluding carboxylic acids is 1. The second-order valence-electron chi connectivity index (χ2n) is 6.55. The lowest BCUT2D eigenvalue weighted by Gasteiger charge is -2.29. The van der Waals surface area contributed by atoms with Gasteiger partial charge in [-0.25, -0.2) is 9.59 Å². The van der Waals surface area contributed by atoms with Gasteiger partial charge in [0.05, 0.1) is 6.54 Å². The van der Waals surface area contributed by atoms with Gasteiger partial charge in [-0.2, -0.15) is 0 Å². The smallest absolute Gasteiger partial charge is 0.411 e. The summed E-state index contributed by atoms with van der Waals surface area (Å²) in [6, 6.07) is -1.09. The molecule has 1 N–H and O–H groups in total. The van der Waals surface area contributed by atoms with Gasteiger partial charge in [-0.3, -0.25) is 4.90 Å². The van der Waals surface area contributed by atoms with Crippen LogP contribution >= 0.6 is 0 Å². The molecule has 2 aliphatic heterocycles. The molecule has 3 atom stereocenters. The Hall–Kier alpha value is -1.34. The van der Waals surface area contributed by atoms with Crippen LogP contribution in [0.5, 0.6) is 0 Å². The first-order valence-electron chi connectivity index (χ1n) is 6.58. The fourth-order valence-electron chi connectivity index (χ4n) is 2.54. The van der Waals surface area contributed by atoms with E-state index in [1.165, 1.54) is 0 Å². The molecule has 2 heterocycles. The van der Waals surface area contributed by atoms with E-state index in [2.05, 4.69) is 0 Å². The third-order valence-electron chi connectivity index (χ3n) is 3.13. The van der Waals surface area contributed by atoms with E-state index in [-0.39, 0.29) is 6.54 Å². The van der Waals surface area contributed by atoms with Crippen molar-refractivity contribution >= 4 is 12.1 Å². The Kier molecular flexibility index (Phi) is 3.46. The maximum atomic E-state index is 12.1. The first-order chi connectivity index (χ1) is 9.00. The Bertz CT molecular complexity index is 427. The third kappa shape index (κ3) is 2.88. The van der Waals surface area contributed by atoms with Gasteiger partial charge in [0, 0.05) is 0 Å². The van der Waals surface area contributed by atoms with Crippen molar-refractivity contribution in [3.63, 3.8) is 0 Å². The highest BCUT2D eigenvalue weighted by atomic mass is 16.8. The van der Waals surface area contributed by atoms with Crippen molar-refractivity contribution in [1.29, 1.82) is 0 Å². The Morgan fingerprint density at radius 2 is 1.90 bits per heavy atom. The van der Waals surface area contributed by atoms with Crippen LogP contribution in [-0.4, -0.2) is 58.3 Å². The molecular formula is C13H21NO6. The molecule has 0 saturated carbocycles. The zero-order valence-electron chi connectivity index (χ0n) is 12.4. The zero-order chi connectivity index (χ0) is 15.3. The van der Waals surface area contributed by atoms with Crippen LogP contribution < -0.4 is 0 Å². The Morgan fingerprint density at radius 3 is 2.40 bits per heavy atom. The number of aliphatic carboxylic acids is 1. The van der Waals surface area contributed by atoms with E-state index in [0.29, 0.717) is 0 Å². The molecule has 1 amide bonds. The van der Waals surface area contributed by atoms with Gasteiger partial charge in [-0.15, -0.1) is 0 Å². The number of carboxylic acid groups (broad SMARTS) is 1. The molecule has 0 bridgehead atoms. The summed E-state index contributed by atoms with van der Waals surface area (Å²) < 4.78 is 16.5. The Labute approximate surface area is 117 Å². The normalized spacial score (nSPS) is 32.0. The van der Waals surface area contributed by atoms with Gasteiger partial charge < -0.3 is 19.3 Å². The number of amides is 1. The monoisotopic (exact) mass is 287 g/mol. The maximum absolute atomic E-state index is 12.1. The van der Waals surface area contributed by atoms with Crippen LogP contribution in [-0.2, 0) is 19.0 Å². The van der Waals surface area contributed by atoms with Crippen molar-refractivity contribution in [3.05, 3.63) is 0 Å². The number of rotatable bonds is 1. The van der Waals surface area contributed by atoms with Crippen molar-refractivity contribution in [2.24, 2.45) is 0 Å². The highest BCUT2D eigenvalue weighted by Crippen LogP contribution is 2.37. The summed E-state index contributed by atoms with van der Waals surface area (Å²) in [5, 5.41) is 9.36. The molecule has 0 radical (unpaired) electrons. The molecule has 0 spiro atoms. The van der Waals surface area contributed by atoms with E-state index in [1.807, 2.05) is 0 Å². The molecule has 114 valence electrons. The number of carboxylic acids is 1. The second-order valence-corrected chi connectivity index (χ2v) is 6.55. The number of nitrogens with zero attached hydrogens (tertiary/aromatic N) is 1. The average Bonchev–Trinajstić information content (AvgIpc) is 2.65. The lowest BCUT2D eigenvalue weighted by Crippen LogP contribution is -2.48. The van der Waals surface area contributed by atoms with Crippen molar-refractivity contribution < 1.29 is 28.9 Å². The van der Waals surface area contributed by atoms with Gasteiger partial charge in [0.15, 0.2) is 11.8 Å². The van der Waals surface area contributed by atoms with Gasteiger partial charge in [-0.05, 0) is 34.6 Å². The van der Waals surface area contributed by atoms with Crippen LogP contribution in [0.15, 0.2) is 0 Å². The van der Waals surface area contributed by atoms with Crippen molar-refractivity contribution in [2.45, 2.75) is 64.3 Å². The fourth-order valence-corrected chi connectivity index (χ4v) is 2.54. The largest absolute Gasteiger partial charge is 0.480 e. The molecule has 0 unspecified atom stereocenters. The standard InChI is InChI=1S/C13H21NO6/c1-12(2,3)20-11(17)14-6-7-9(8(14)10(15)16)19-13(4,5)18-7/h7-9H,6H2,1-5H3,(H,15,16)/t7-,8+,9-/m0/s1. The molecule has 2 aliphatic rings.